The van der Waals surface area contributed by atoms with Crippen LogP contribution in [0.25, 0.3) is 0 Å². The molecule has 3 heterocycles. The van der Waals surface area contributed by atoms with E-state index in [1.54, 1.807) is 52.7 Å². The van der Waals surface area contributed by atoms with Crippen LogP contribution in [0.5, 0.6) is 0 Å². The van der Waals surface area contributed by atoms with Gasteiger partial charge in [-0.3, -0.25) is 4.79 Å². The van der Waals surface area contributed by atoms with Crippen molar-refractivity contribution >= 4 is 37.3 Å². The Morgan fingerprint density at radius 1 is 0.935 bits per heavy atom. The van der Waals surface area contributed by atoms with E-state index in [2.05, 4.69) is 4.72 Å². The highest BCUT2D eigenvalue weighted by Gasteiger charge is 2.41. The number of thiophene rings is 1. The molecule has 168 valence electrons. The van der Waals surface area contributed by atoms with Gasteiger partial charge in [-0.1, -0.05) is 24.3 Å². The van der Waals surface area contributed by atoms with Crippen LogP contribution in [0.4, 0.5) is 0 Å². The Balaban J connectivity index is 1.39. The fourth-order valence-electron chi connectivity index (χ4n) is 4.12. The summed E-state index contributed by atoms with van der Waals surface area (Å²) in [6.45, 7) is 1.11. The number of nitrogens with zero attached hydrogens (tertiary/aromatic N) is 2. The first-order valence-electron chi connectivity index (χ1n) is 10.2. The van der Waals surface area contributed by atoms with Gasteiger partial charge in [0.15, 0.2) is 0 Å². The van der Waals surface area contributed by atoms with Crippen molar-refractivity contribution in [2.24, 2.45) is 0 Å². The van der Waals surface area contributed by atoms with E-state index in [0.29, 0.717) is 45.3 Å². The predicted molar refractivity (Wildman–Crippen MR) is 118 cm³/mol. The highest BCUT2D eigenvalue weighted by Crippen LogP contribution is 2.28. The Kier molecular flexibility index (Phi) is 6.50. The molecule has 8 nitrogen and oxygen atoms in total. The van der Waals surface area contributed by atoms with E-state index in [4.69, 9.17) is 0 Å². The van der Waals surface area contributed by atoms with Crippen molar-refractivity contribution in [3.63, 3.8) is 0 Å². The van der Waals surface area contributed by atoms with E-state index < -0.39 is 26.1 Å². The van der Waals surface area contributed by atoms with Gasteiger partial charge in [-0.2, -0.15) is 4.31 Å². The lowest BCUT2D eigenvalue weighted by Crippen LogP contribution is -2.52. The highest BCUT2D eigenvalue weighted by atomic mass is 32.2. The van der Waals surface area contributed by atoms with Gasteiger partial charge in [0.05, 0.1) is 4.90 Å². The fraction of sp³-hybridized carbons (Fsp3) is 0.450. The van der Waals surface area contributed by atoms with Gasteiger partial charge in [0, 0.05) is 25.7 Å². The van der Waals surface area contributed by atoms with Crippen LogP contribution < -0.4 is 4.72 Å². The summed E-state index contributed by atoms with van der Waals surface area (Å²) in [6, 6.07) is 10.5. The summed E-state index contributed by atoms with van der Waals surface area (Å²) in [5.74, 6) is -0.198. The van der Waals surface area contributed by atoms with Gasteiger partial charge in [-0.05, 0) is 49.3 Å². The molecule has 0 aliphatic carbocycles. The third kappa shape index (κ3) is 4.70. The molecule has 0 bridgehead atoms. The lowest BCUT2D eigenvalue weighted by Gasteiger charge is -2.35. The van der Waals surface area contributed by atoms with Gasteiger partial charge in [-0.25, -0.2) is 21.6 Å². The molecule has 31 heavy (non-hydrogen) atoms. The monoisotopic (exact) mass is 483 g/mol. The minimum Gasteiger partial charge on any atom is -0.341 e. The quantitative estimate of drug-likeness (QED) is 0.676. The highest BCUT2D eigenvalue weighted by molar-refractivity contribution is 7.91. The first-order chi connectivity index (χ1) is 14.8. The molecular weight excluding hydrogens is 458 g/mol. The Bertz CT molecular complexity index is 1110. The molecule has 1 atom stereocenters. The molecule has 1 unspecified atom stereocenters. The fourth-order valence-corrected chi connectivity index (χ4v) is 8.11. The number of sulfonamides is 2. The lowest BCUT2D eigenvalue weighted by molar-refractivity contribution is -0.135. The number of amides is 1. The largest absolute Gasteiger partial charge is 0.341 e. The minimum atomic E-state index is -3.74. The molecule has 11 heteroatoms. The topological polar surface area (TPSA) is 104 Å². The first kappa shape index (κ1) is 22.4. The van der Waals surface area contributed by atoms with E-state index >= 15 is 0 Å². The van der Waals surface area contributed by atoms with Crippen molar-refractivity contribution < 1.29 is 21.6 Å². The molecule has 1 aromatic heterocycles. The summed E-state index contributed by atoms with van der Waals surface area (Å²) in [5.41, 5.74) is 0. The van der Waals surface area contributed by atoms with Crippen molar-refractivity contribution in [3.05, 3.63) is 47.8 Å². The van der Waals surface area contributed by atoms with Gasteiger partial charge in [0.25, 0.3) is 0 Å². The SMILES string of the molecule is O=C(C1CCCN1S(=O)(=O)c1ccccc1)N1CCC(NS(=O)(=O)c2cccs2)CC1. The molecule has 2 fully saturated rings. The van der Waals surface area contributed by atoms with Crippen molar-refractivity contribution in [3.8, 4) is 0 Å². The van der Waals surface area contributed by atoms with Gasteiger partial charge in [-0.15, -0.1) is 11.3 Å². The van der Waals surface area contributed by atoms with Gasteiger partial charge < -0.3 is 4.90 Å². The average molecular weight is 484 g/mol. The molecule has 1 aromatic carbocycles. The third-order valence-electron chi connectivity index (χ3n) is 5.73. The predicted octanol–water partition coefficient (Wildman–Crippen LogP) is 1.87. The number of nitrogens with one attached hydrogen (secondary N) is 1. The van der Waals surface area contributed by atoms with Crippen molar-refractivity contribution in [1.29, 1.82) is 0 Å². The summed E-state index contributed by atoms with van der Waals surface area (Å²) in [5, 5.41) is 1.71. The lowest BCUT2D eigenvalue weighted by atomic mass is 10.0. The number of likely N-dealkylation sites (tertiary alicyclic amines) is 1. The molecule has 1 N–H and O–H groups in total. The number of benzene rings is 1. The molecule has 2 aromatic rings. The van der Waals surface area contributed by atoms with Crippen LogP contribution in [-0.4, -0.2) is 63.7 Å². The Labute approximate surface area is 187 Å². The van der Waals surface area contributed by atoms with Crippen molar-refractivity contribution in [1.82, 2.24) is 13.9 Å². The Hall–Kier alpha value is -1.79. The minimum absolute atomic E-state index is 0.191. The zero-order valence-electron chi connectivity index (χ0n) is 16.9. The number of rotatable bonds is 6. The molecule has 0 saturated carbocycles. The summed E-state index contributed by atoms with van der Waals surface area (Å²) in [6.07, 6.45) is 2.12. The second kappa shape index (κ2) is 8.99. The van der Waals surface area contributed by atoms with E-state index in [1.807, 2.05) is 0 Å². The summed E-state index contributed by atoms with van der Waals surface area (Å²) in [4.78, 5) is 15.0. The van der Waals surface area contributed by atoms with Crippen LogP contribution in [0.15, 0.2) is 56.9 Å². The molecule has 1 amide bonds. The average Bonchev–Trinajstić information content (AvgIpc) is 3.47. The van der Waals surface area contributed by atoms with Crippen molar-refractivity contribution in [2.75, 3.05) is 19.6 Å². The first-order valence-corrected chi connectivity index (χ1v) is 14.0. The van der Waals surface area contributed by atoms with Crippen LogP contribution in [-0.2, 0) is 24.8 Å². The van der Waals surface area contributed by atoms with E-state index in [1.165, 1.54) is 4.31 Å². The van der Waals surface area contributed by atoms with Gasteiger partial charge in [0.1, 0.15) is 10.3 Å². The zero-order chi connectivity index (χ0) is 22.1. The molecule has 2 aliphatic heterocycles. The summed E-state index contributed by atoms with van der Waals surface area (Å²) >= 11 is 1.16. The summed E-state index contributed by atoms with van der Waals surface area (Å²) in [7, 11) is -7.29. The standard InChI is InChI=1S/C20H25N3O5S3/c24-20(18-8-4-12-23(18)31(27,28)17-6-2-1-3-7-17)22-13-10-16(11-14-22)21-30(25,26)19-9-5-15-29-19/h1-3,5-7,9,15-16,18,21H,4,8,10-14H2. The maximum atomic E-state index is 13.2. The van der Waals surface area contributed by atoms with Crippen LogP contribution in [0.1, 0.15) is 25.7 Å². The smallest absolute Gasteiger partial charge is 0.250 e. The van der Waals surface area contributed by atoms with Crippen molar-refractivity contribution in [2.45, 2.75) is 46.9 Å². The van der Waals surface area contributed by atoms with E-state index in [9.17, 15) is 21.6 Å². The van der Waals surface area contributed by atoms with Crippen LogP contribution in [0.3, 0.4) is 0 Å². The number of hydrogen-bond donors (Lipinski definition) is 1. The number of carbonyl (C=O) groups excluding carboxylic acids is 1. The van der Waals surface area contributed by atoms with Gasteiger partial charge >= 0.3 is 0 Å². The maximum Gasteiger partial charge on any atom is 0.250 e. The molecule has 4 rings (SSSR count). The molecule has 2 saturated heterocycles. The zero-order valence-corrected chi connectivity index (χ0v) is 19.3. The molecule has 0 radical (unpaired) electrons. The summed E-state index contributed by atoms with van der Waals surface area (Å²) < 4.78 is 55.2. The number of carbonyl (C=O) groups is 1. The maximum absolute atomic E-state index is 13.2. The second-order valence-electron chi connectivity index (χ2n) is 7.74. The van der Waals surface area contributed by atoms with E-state index in [-0.39, 0.29) is 21.1 Å². The Morgan fingerprint density at radius 2 is 1.65 bits per heavy atom. The number of piperidine rings is 1. The molecule has 2 aliphatic rings. The van der Waals surface area contributed by atoms with Crippen LogP contribution >= 0.6 is 11.3 Å². The van der Waals surface area contributed by atoms with Crippen LogP contribution in [0.2, 0.25) is 0 Å². The Morgan fingerprint density at radius 3 is 2.29 bits per heavy atom. The molecule has 0 spiro atoms. The van der Waals surface area contributed by atoms with E-state index in [0.717, 1.165) is 11.3 Å². The third-order valence-corrected chi connectivity index (χ3v) is 10.6. The second-order valence-corrected chi connectivity index (χ2v) is 12.5. The molecular formula is C20H25N3O5S3. The number of hydrogen-bond acceptors (Lipinski definition) is 6. The normalized spacial score (nSPS) is 21.4. The van der Waals surface area contributed by atoms with Gasteiger partial charge in [0.2, 0.25) is 26.0 Å². The van der Waals surface area contributed by atoms with Crippen LogP contribution in [0, 0.1) is 0 Å².